The van der Waals surface area contributed by atoms with Gasteiger partial charge in [0, 0.05) is 50.2 Å². The van der Waals surface area contributed by atoms with Crippen LogP contribution in [0.4, 0.5) is 5.69 Å². The van der Waals surface area contributed by atoms with E-state index in [1.807, 2.05) is 48.5 Å². The van der Waals surface area contributed by atoms with E-state index in [0.29, 0.717) is 11.2 Å². The lowest BCUT2D eigenvalue weighted by molar-refractivity contribution is 0.102. The van der Waals surface area contributed by atoms with Gasteiger partial charge in [0.2, 0.25) is 0 Å². The second kappa shape index (κ2) is 9.09. The Bertz CT molecular complexity index is 1300. The van der Waals surface area contributed by atoms with Gasteiger partial charge in [-0.3, -0.25) is 14.7 Å². The topological polar surface area (TPSA) is 85.4 Å². The summed E-state index contributed by atoms with van der Waals surface area (Å²) in [5.41, 5.74) is 5.87. The van der Waals surface area contributed by atoms with Crippen LogP contribution in [0.1, 0.15) is 16.1 Å². The minimum atomic E-state index is -0.279. The summed E-state index contributed by atoms with van der Waals surface area (Å²) in [5.74, 6) is -0.279. The van der Waals surface area contributed by atoms with Crippen LogP contribution in [0.25, 0.3) is 16.7 Å². The number of nitrogens with one attached hydrogen (secondary N) is 3. The highest BCUT2D eigenvalue weighted by Gasteiger charge is 2.33. The summed E-state index contributed by atoms with van der Waals surface area (Å²) in [5, 5.41) is 12.3. The monoisotopic (exact) mass is 471 g/mol. The molecule has 3 aliphatic heterocycles. The molecule has 1 saturated heterocycles. The third kappa shape index (κ3) is 4.13. The molecule has 172 valence electrons. The molecule has 2 aromatic carbocycles. The quantitative estimate of drug-likeness (QED) is 0.524. The molecule has 3 aromatic rings. The van der Waals surface area contributed by atoms with Crippen molar-refractivity contribution in [3.8, 4) is 0 Å². The number of rotatable bonds is 5. The molecule has 0 saturated carbocycles. The Hall–Kier alpha value is -3.40. The van der Waals surface area contributed by atoms with Crippen molar-refractivity contribution in [3.05, 3.63) is 83.3 Å². The van der Waals surface area contributed by atoms with Crippen LogP contribution in [0.2, 0.25) is 0 Å². The van der Waals surface area contributed by atoms with Crippen molar-refractivity contribution >= 4 is 40.1 Å². The van der Waals surface area contributed by atoms with E-state index < -0.39 is 0 Å². The van der Waals surface area contributed by atoms with Crippen molar-refractivity contribution < 1.29 is 4.79 Å². The van der Waals surface area contributed by atoms with Gasteiger partial charge in [-0.05, 0) is 23.6 Å². The molecular formula is C25H25N7OS. The average molecular weight is 472 g/mol. The number of amides is 1. The minimum absolute atomic E-state index is 0.142. The number of anilines is 1. The lowest BCUT2D eigenvalue weighted by atomic mass is 10.1. The maximum absolute atomic E-state index is 13.0. The van der Waals surface area contributed by atoms with Crippen molar-refractivity contribution in [1.29, 1.82) is 0 Å². The second-order valence-corrected chi connectivity index (χ2v) is 9.42. The first-order valence-corrected chi connectivity index (χ1v) is 12.4. The number of benzene rings is 2. The number of fused-ring (bicyclic) bond motifs is 2. The molecule has 4 heterocycles. The summed E-state index contributed by atoms with van der Waals surface area (Å²) in [4.78, 5) is 26.6. The smallest absolute Gasteiger partial charge is 0.275 e. The van der Waals surface area contributed by atoms with Crippen LogP contribution in [0.15, 0.2) is 72.0 Å². The van der Waals surface area contributed by atoms with E-state index in [0.717, 1.165) is 55.2 Å². The highest BCUT2D eigenvalue weighted by atomic mass is 32.2. The first kappa shape index (κ1) is 21.2. The standard InChI is InChI=1S/C25H25N7OS/c33-24(22-13-27-20-7-3-4-8-21(20)28-22)29-19-6-2-1-5-18(19)23-15-32-17(16-34-25(32)30-23)14-31-11-9-26-10-12-31/h1-8,13,15-16,25-26,30H,9-12,14H2,(H,29,33). The lowest BCUT2D eigenvalue weighted by Gasteiger charge is -2.29. The minimum Gasteiger partial charge on any atom is -0.354 e. The van der Waals surface area contributed by atoms with Gasteiger partial charge in [0.25, 0.3) is 5.91 Å². The normalized spacial score (nSPS) is 20.0. The number of nitrogens with zero attached hydrogens (tertiary/aromatic N) is 4. The van der Waals surface area contributed by atoms with E-state index >= 15 is 0 Å². The van der Waals surface area contributed by atoms with Gasteiger partial charge in [-0.1, -0.05) is 42.1 Å². The van der Waals surface area contributed by atoms with E-state index in [1.165, 1.54) is 11.9 Å². The molecule has 0 bridgehead atoms. The summed E-state index contributed by atoms with van der Waals surface area (Å²) in [6, 6.07) is 15.4. The van der Waals surface area contributed by atoms with Crippen molar-refractivity contribution in [3.63, 3.8) is 0 Å². The number of aromatic nitrogens is 2. The summed E-state index contributed by atoms with van der Waals surface area (Å²) >= 11 is 1.78. The van der Waals surface area contributed by atoms with Gasteiger partial charge >= 0.3 is 0 Å². The number of hydrogen-bond acceptors (Lipinski definition) is 8. The van der Waals surface area contributed by atoms with Crippen LogP contribution in [0.5, 0.6) is 0 Å². The van der Waals surface area contributed by atoms with Gasteiger partial charge in [-0.15, -0.1) is 0 Å². The molecule has 1 amide bonds. The van der Waals surface area contributed by atoms with Crippen LogP contribution < -0.4 is 16.0 Å². The third-order valence-corrected chi connectivity index (χ3v) is 7.22. The van der Waals surface area contributed by atoms with E-state index in [9.17, 15) is 4.79 Å². The molecule has 0 spiro atoms. The number of thioether (sulfide) groups is 1. The Morgan fingerprint density at radius 3 is 2.76 bits per heavy atom. The van der Waals surface area contributed by atoms with Gasteiger partial charge in [0.15, 0.2) is 5.50 Å². The molecule has 0 radical (unpaired) electrons. The van der Waals surface area contributed by atoms with Crippen molar-refractivity contribution in [1.82, 2.24) is 30.4 Å². The fraction of sp³-hybridized carbons (Fsp3) is 0.240. The fourth-order valence-corrected chi connectivity index (χ4v) is 5.43. The second-order valence-electron chi connectivity index (χ2n) is 8.46. The van der Waals surface area contributed by atoms with Gasteiger partial charge in [-0.25, -0.2) is 4.98 Å². The summed E-state index contributed by atoms with van der Waals surface area (Å²) in [7, 11) is 0. The van der Waals surface area contributed by atoms with Crippen molar-refractivity contribution in [2.75, 3.05) is 38.0 Å². The van der Waals surface area contributed by atoms with Gasteiger partial charge < -0.3 is 20.9 Å². The van der Waals surface area contributed by atoms with Gasteiger partial charge in [-0.2, -0.15) is 0 Å². The number of para-hydroxylation sites is 3. The summed E-state index contributed by atoms with van der Waals surface area (Å²) in [6.45, 7) is 5.15. The predicted octanol–water partition coefficient (Wildman–Crippen LogP) is 2.86. The first-order valence-electron chi connectivity index (χ1n) is 11.4. The van der Waals surface area contributed by atoms with Crippen LogP contribution in [0, 0.1) is 0 Å². The molecule has 0 aliphatic carbocycles. The number of piperazine rings is 1. The molecule has 3 N–H and O–H groups in total. The van der Waals surface area contributed by atoms with Gasteiger partial charge in [0.05, 0.1) is 28.6 Å². The van der Waals surface area contributed by atoms with Crippen LogP contribution in [-0.4, -0.2) is 63.9 Å². The molecule has 34 heavy (non-hydrogen) atoms. The van der Waals surface area contributed by atoms with E-state index in [-0.39, 0.29) is 11.4 Å². The van der Waals surface area contributed by atoms with E-state index in [2.05, 4.69) is 47.3 Å². The summed E-state index contributed by atoms with van der Waals surface area (Å²) in [6.07, 6.45) is 3.67. The lowest BCUT2D eigenvalue weighted by Crippen LogP contribution is -2.45. The van der Waals surface area contributed by atoms with Crippen LogP contribution >= 0.6 is 11.8 Å². The molecular weight excluding hydrogens is 446 g/mol. The largest absolute Gasteiger partial charge is 0.354 e. The Balaban J connectivity index is 1.21. The van der Waals surface area contributed by atoms with Crippen LogP contribution in [0.3, 0.4) is 0 Å². The zero-order chi connectivity index (χ0) is 22.9. The highest BCUT2D eigenvalue weighted by Crippen LogP contribution is 2.38. The Morgan fingerprint density at radius 2 is 1.88 bits per heavy atom. The molecule has 1 unspecified atom stereocenters. The Morgan fingerprint density at radius 1 is 1.09 bits per heavy atom. The molecule has 1 aromatic heterocycles. The number of carbonyl (C=O) groups is 1. The molecule has 9 heteroatoms. The van der Waals surface area contributed by atoms with E-state index in [1.54, 1.807) is 11.8 Å². The molecule has 1 fully saturated rings. The average Bonchev–Trinajstić information content (AvgIpc) is 3.46. The fourth-order valence-electron chi connectivity index (χ4n) is 4.43. The first-order chi connectivity index (χ1) is 16.7. The highest BCUT2D eigenvalue weighted by molar-refractivity contribution is 8.02. The molecule has 8 nitrogen and oxygen atoms in total. The van der Waals surface area contributed by atoms with E-state index in [4.69, 9.17) is 0 Å². The number of hydrogen-bond donors (Lipinski definition) is 3. The van der Waals surface area contributed by atoms with Crippen molar-refractivity contribution in [2.45, 2.75) is 5.50 Å². The maximum atomic E-state index is 13.0. The van der Waals surface area contributed by atoms with Crippen LogP contribution in [-0.2, 0) is 0 Å². The Kier molecular flexibility index (Phi) is 5.66. The number of carbonyl (C=O) groups excluding carboxylic acids is 1. The molecule has 3 aliphatic rings. The van der Waals surface area contributed by atoms with Crippen molar-refractivity contribution in [2.24, 2.45) is 0 Å². The maximum Gasteiger partial charge on any atom is 0.275 e. The summed E-state index contributed by atoms with van der Waals surface area (Å²) < 4.78 is 0. The predicted molar refractivity (Wildman–Crippen MR) is 136 cm³/mol. The molecule has 6 rings (SSSR count). The zero-order valence-electron chi connectivity index (χ0n) is 18.6. The third-order valence-electron chi connectivity index (χ3n) is 6.21. The Labute approximate surface area is 202 Å². The van der Waals surface area contributed by atoms with Gasteiger partial charge in [0.1, 0.15) is 5.69 Å². The SMILES string of the molecule is O=C(Nc1ccccc1C1=CN2C(CN3CCNCC3)=CSC2N1)c1cnc2ccccc2n1. The molecule has 1 atom stereocenters. The zero-order valence-corrected chi connectivity index (χ0v) is 19.4.